The Hall–Kier alpha value is -0.290. The van der Waals surface area contributed by atoms with E-state index in [-0.39, 0.29) is 6.42 Å². The minimum absolute atomic E-state index is 0.248. The minimum Gasteiger partial charge on any atom is -0.312 e. The summed E-state index contributed by atoms with van der Waals surface area (Å²) in [5.74, 6) is 0.752. The van der Waals surface area contributed by atoms with Crippen LogP contribution in [0.15, 0.2) is 0 Å². The molecule has 3 fully saturated rings. The number of nitrogens with one attached hydrogen (secondary N) is 1. The van der Waals surface area contributed by atoms with Gasteiger partial charge in [0.15, 0.2) is 0 Å². The zero-order valence-corrected chi connectivity index (χ0v) is 10.1. The molecule has 0 aromatic heterocycles. The lowest BCUT2D eigenvalue weighted by Gasteiger charge is -2.45. The van der Waals surface area contributed by atoms with Crippen LogP contribution in [0.2, 0.25) is 0 Å². The van der Waals surface area contributed by atoms with Crippen molar-refractivity contribution in [2.24, 2.45) is 5.92 Å². The maximum Gasteiger partial charge on any atom is 0.389 e. The molecule has 0 amide bonds. The Morgan fingerprint density at radius 1 is 1.12 bits per heavy atom. The van der Waals surface area contributed by atoms with Crippen LogP contribution in [0.1, 0.15) is 32.1 Å². The maximum atomic E-state index is 11.9. The van der Waals surface area contributed by atoms with Crippen molar-refractivity contribution in [3.8, 4) is 0 Å². The molecule has 1 atom stereocenters. The second kappa shape index (κ2) is 5.57. The molecule has 1 N–H and O–H groups in total. The monoisotopic (exact) mass is 250 g/mol. The van der Waals surface area contributed by atoms with Crippen LogP contribution in [0.5, 0.6) is 0 Å². The Kier molecular flexibility index (Phi) is 4.31. The van der Waals surface area contributed by atoms with Gasteiger partial charge in [-0.3, -0.25) is 0 Å². The molecule has 0 spiro atoms. The van der Waals surface area contributed by atoms with Crippen molar-refractivity contribution < 1.29 is 13.2 Å². The van der Waals surface area contributed by atoms with Crippen LogP contribution in [-0.2, 0) is 0 Å². The van der Waals surface area contributed by atoms with E-state index < -0.39 is 12.6 Å². The van der Waals surface area contributed by atoms with Crippen LogP contribution < -0.4 is 5.32 Å². The molecule has 0 aromatic rings. The standard InChI is InChI=1S/C12H21F3N2/c13-12(14,15)5-1-2-6-16-11-9-17-7-3-10(11)4-8-17/h10-11,16H,1-9H2. The van der Waals surface area contributed by atoms with Crippen molar-refractivity contribution in [2.45, 2.75) is 44.3 Å². The van der Waals surface area contributed by atoms with Gasteiger partial charge in [-0.25, -0.2) is 0 Å². The predicted octanol–water partition coefficient (Wildman–Crippen LogP) is 2.40. The fraction of sp³-hybridized carbons (Fsp3) is 1.00. The van der Waals surface area contributed by atoms with Crippen molar-refractivity contribution in [3.05, 3.63) is 0 Å². The summed E-state index contributed by atoms with van der Waals surface area (Å²) in [5.41, 5.74) is 0. The quantitative estimate of drug-likeness (QED) is 0.754. The molecule has 3 rings (SSSR count). The zero-order chi connectivity index (χ0) is 12.3. The summed E-state index contributed by atoms with van der Waals surface area (Å²) in [5, 5.41) is 3.43. The maximum absolute atomic E-state index is 11.9. The third-order valence-corrected chi connectivity index (χ3v) is 3.95. The first-order valence-corrected chi connectivity index (χ1v) is 6.57. The van der Waals surface area contributed by atoms with Gasteiger partial charge in [0, 0.05) is 19.0 Å². The molecule has 0 aromatic carbocycles. The van der Waals surface area contributed by atoms with E-state index in [9.17, 15) is 13.2 Å². The lowest BCUT2D eigenvalue weighted by molar-refractivity contribution is -0.135. The van der Waals surface area contributed by atoms with Crippen molar-refractivity contribution in [1.82, 2.24) is 10.2 Å². The van der Waals surface area contributed by atoms with E-state index in [1.807, 2.05) is 0 Å². The predicted molar refractivity (Wildman–Crippen MR) is 60.9 cm³/mol. The third-order valence-electron chi connectivity index (χ3n) is 3.95. The topological polar surface area (TPSA) is 15.3 Å². The van der Waals surface area contributed by atoms with Gasteiger partial charge in [-0.15, -0.1) is 0 Å². The number of hydrogen-bond donors (Lipinski definition) is 1. The molecule has 2 bridgehead atoms. The van der Waals surface area contributed by atoms with Gasteiger partial charge in [0.2, 0.25) is 0 Å². The summed E-state index contributed by atoms with van der Waals surface area (Å²) in [7, 11) is 0. The molecule has 3 aliphatic heterocycles. The first-order chi connectivity index (χ1) is 8.04. The van der Waals surface area contributed by atoms with Crippen molar-refractivity contribution in [2.75, 3.05) is 26.2 Å². The number of unbranched alkanes of at least 4 members (excludes halogenated alkanes) is 1. The van der Waals surface area contributed by atoms with Gasteiger partial charge in [0.1, 0.15) is 0 Å². The average Bonchev–Trinajstić information content (AvgIpc) is 2.29. The summed E-state index contributed by atoms with van der Waals surface area (Å²) in [6.07, 6.45) is -1.26. The number of halogens is 3. The number of rotatable bonds is 5. The Labute approximate surface area is 101 Å². The van der Waals surface area contributed by atoms with E-state index in [1.165, 1.54) is 25.9 Å². The fourth-order valence-corrected chi connectivity index (χ4v) is 2.93. The molecule has 3 saturated heterocycles. The highest BCUT2D eigenvalue weighted by molar-refractivity contribution is 4.90. The summed E-state index contributed by atoms with van der Waals surface area (Å²) in [4.78, 5) is 2.45. The molecule has 5 heteroatoms. The van der Waals surface area contributed by atoms with Crippen LogP contribution >= 0.6 is 0 Å². The van der Waals surface area contributed by atoms with Crippen LogP contribution in [0.3, 0.4) is 0 Å². The van der Waals surface area contributed by atoms with Crippen LogP contribution in [0, 0.1) is 5.92 Å². The number of hydrogen-bond acceptors (Lipinski definition) is 2. The number of piperidine rings is 3. The summed E-state index contributed by atoms with van der Waals surface area (Å²) in [6, 6.07) is 0.517. The molecule has 0 saturated carbocycles. The van der Waals surface area contributed by atoms with Crippen molar-refractivity contribution >= 4 is 0 Å². The fourth-order valence-electron chi connectivity index (χ4n) is 2.93. The molecule has 3 aliphatic rings. The molecule has 100 valence electrons. The molecular weight excluding hydrogens is 229 g/mol. The SMILES string of the molecule is FC(F)(F)CCCCNC1CN2CCC1CC2. The molecule has 3 heterocycles. The first-order valence-electron chi connectivity index (χ1n) is 6.57. The van der Waals surface area contributed by atoms with E-state index in [4.69, 9.17) is 0 Å². The van der Waals surface area contributed by atoms with Crippen molar-refractivity contribution in [3.63, 3.8) is 0 Å². The largest absolute Gasteiger partial charge is 0.389 e. The molecule has 0 aliphatic carbocycles. The second-order valence-electron chi connectivity index (χ2n) is 5.27. The van der Waals surface area contributed by atoms with E-state index in [1.54, 1.807) is 0 Å². The smallest absolute Gasteiger partial charge is 0.312 e. The van der Waals surface area contributed by atoms with E-state index >= 15 is 0 Å². The number of fused-ring (bicyclic) bond motifs is 3. The Morgan fingerprint density at radius 2 is 1.82 bits per heavy atom. The highest BCUT2D eigenvalue weighted by Gasteiger charge is 2.33. The van der Waals surface area contributed by atoms with Crippen LogP contribution in [0.4, 0.5) is 13.2 Å². The van der Waals surface area contributed by atoms with Gasteiger partial charge in [-0.2, -0.15) is 13.2 Å². The lowest BCUT2D eigenvalue weighted by atomic mass is 9.84. The lowest BCUT2D eigenvalue weighted by Crippen LogP contribution is -2.56. The van der Waals surface area contributed by atoms with E-state index in [2.05, 4.69) is 10.2 Å². The Morgan fingerprint density at radius 3 is 2.35 bits per heavy atom. The molecule has 17 heavy (non-hydrogen) atoms. The normalized spacial score (nSPS) is 33.0. The summed E-state index contributed by atoms with van der Waals surface area (Å²) >= 11 is 0. The highest BCUT2D eigenvalue weighted by atomic mass is 19.4. The van der Waals surface area contributed by atoms with Gasteiger partial charge >= 0.3 is 6.18 Å². The van der Waals surface area contributed by atoms with E-state index in [0.29, 0.717) is 12.5 Å². The van der Waals surface area contributed by atoms with Crippen molar-refractivity contribution in [1.29, 1.82) is 0 Å². The molecule has 1 unspecified atom stereocenters. The van der Waals surface area contributed by atoms with E-state index in [0.717, 1.165) is 19.0 Å². The number of alkyl halides is 3. The Balaban J connectivity index is 1.57. The van der Waals surface area contributed by atoms with Gasteiger partial charge in [0.05, 0.1) is 0 Å². The van der Waals surface area contributed by atoms with Gasteiger partial charge in [0.25, 0.3) is 0 Å². The first kappa shape index (κ1) is 13.1. The highest BCUT2D eigenvalue weighted by Crippen LogP contribution is 2.27. The number of nitrogens with zero attached hydrogens (tertiary/aromatic N) is 1. The van der Waals surface area contributed by atoms with Gasteiger partial charge < -0.3 is 10.2 Å². The summed E-state index contributed by atoms with van der Waals surface area (Å²) < 4.78 is 35.8. The third kappa shape index (κ3) is 4.14. The van der Waals surface area contributed by atoms with Crippen LogP contribution in [-0.4, -0.2) is 43.3 Å². The molecule has 2 nitrogen and oxygen atoms in total. The molecule has 0 radical (unpaired) electrons. The van der Waals surface area contributed by atoms with Gasteiger partial charge in [-0.1, -0.05) is 0 Å². The van der Waals surface area contributed by atoms with Gasteiger partial charge in [-0.05, 0) is 51.2 Å². The molecular formula is C12H21F3N2. The zero-order valence-electron chi connectivity index (χ0n) is 10.1. The summed E-state index contributed by atoms with van der Waals surface area (Å²) in [6.45, 7) is 4.23. The second-order valence-corrected chi connectivity index (χ2v) is 5.27. The minimum atomic E-state index is -3.99. The Bertz CT molecular complexity index is 234. The average molecular weight is 250 g/mol. The van der Waals surface area contributed by atoms with Crippen LogP contribution in [0.25, 0.3) is 0 Å².